The molecule has 0 atom stereocenters. The van der Waals surface area contributed by atoms with Gasteiger partial charge in [-0.1, -0.05) is 24.3 Å². The van der Waals surface area contributed by atoms with Crippen LogP contribution >= 0.6 is 0 Å². The van der Waals surface area contributed by atoms with Crippen LogP contribution in [0.3, 0.4) is 0 Å². The van der Waals surface area contributed by atoms with Crippen molar-refractivity contribution in [1.29, 1.82) is 0 Å². The maximum Gasteiger partial charge on any atom is 0.125 e. The molecule has 1 N–H and O–H groups in total. The van der Waals surface area contributed by atoms with Crippen molar-refractivity contribution in [2.24, 2.45) is 5.10 Å². The van der Waals surface area contributed by atoms with Crippen molar-refractivity contribution >= 4 is 11.9 Å². The first-order valence-electron chi connectivity index (χ1n) is 8.56. The molecule has 0 aliphatic carbocycles. The lowest BCUT2D eigenvalue weighted by atomic mass is 10.1. The van der Waals surface area contributed by atoms with Gasteiger partial charge in [-0.3, -0.25) is 5.43 Å². The molecule has 5 heteroatoms. The van der Waals surface area contributed by atoms with Gasteiger partial charge >= 0.3 is 0 Å². The molecule has 3 aromatic rings. The predicted molar refractivity (Wildman–Crippen MR) is 108 cm³/mol. The van der Waals surface area contributed by atoms with Crippen LogP contribution in [-0.2, 0) is 6.61 Å². The Kier molecular flexibility index (Phi) is 6.30. The number of hydrazone groups is 1. The second-order valence-corrected chi connectivity index (χ2v) is 5.77. The number of ether oxygens (including phenoxy) is 3. The smallest absolute Gasteiger partial charge is 0.125 e. The Labute approximate surface area is 159 Å². The number of hydrogen-bond acceptors (Lipinski definition) is 5. The second-order valence-electron chi connectivity index (χ2n) is 5.77. The highest BCUT2D eigenvalue weighted by Crippen LogP contribution is 2.24. The molecule has 3 rings (SSSR count). The zero-order valence-corrected chi connectivity index (χ0v) is 15.4. The Bertz CT molecular complexity index is 895. The second kappa shape index (κ2) is 9.29. The van der Waals surface area contributed by atoms with Gasteiger partial charge in [-0.15, -0.1) is 0 Å². The highest BCUT2D eigenvalue weighted by Gasteiger charge is 2.06. The topological polar surface area (TPSA) is 52.1 Å². The Morgan fingerprint density at radius 2 is 1.67 bits per heavy atom. The molecular weight excluding hydrogens is 340 g/mol. The number of methoxy groups -OCH3 is 2. The van der Waals surface area contributed by atoms with Crippen molar-refractivity contribution in [2.75, 3.05) is 19.6 Å². The third-order valence-corrected chi connectivity index (χ3v) is 3.92. The van der Waals surface area contributed by atoms with Gasteiger partial charge in [0.05, 0.1) is 26.1 Å². The summed E-state index contributed by atoms with van der Waals surface area (Å²) in [4.78, 5) is 0. The van der Waals surface area contributed by atoms with Gasteiger partial charge in [-0.25, -0.2) is 0 Å². The van der Waals surface area contributed by atoms with Crippen LogP contribution in [0.5, 0.6) is 17.2 Å². The van der Waals surface area contributed by atoms with E-state index in [1.807, 2.05) is 72.8 Å². The summed E-state index contributed by atoms with van der Waals surface area (Å²) in [6.45, 7) is 0.379. The first kappa shape index (κ1) is 18.3. The molecule has 27 heavy (non-hydrogen) atoms. The maximum absolute atomic E-state index is 5.89. The minimum atomic E-state index is 0.379. The van der Waals surface area contributed by atoms with E-state index in [1.54, 1.807) is 20.4 Å². The molecular formula is C22H22N2O3. The quantitative estimate of drug-likeness (QED) is 0.465. The van der Waals surface area contributed by atoms with E-state index in [-0.39, 0.29) is 0 Å². The van der Waals surface area contributed by atoms with E-state index < -0.39 is 0 Å². The van der Waals surface area contributed by atoms with E-state index in [2.05, 4.69) is 10.5 Å². The fourth-order valence-electron chi connectivity index (χ4n) is 2.54. The molecule has 0 heterocycles. The molecule has 0 saturated heterocycles. The van der Waals surface area contributed by atoms with Gasteiger partial charge in [-0.2, -0.15) is 5.10 Å². The van der Waals surface area contributed by atoms with E-state index in [9.17, 15) is 0 Å². The maximum atomic E-state index is 5.89. The third-order valence-electron chi connectivity index (χ3n) is 3.92. The van der Waals surface area contributed by atoms with Crippen LogP contribution in [0.4, 0.5) is 5.69 Å². The van der Waals surface area contributed by atoms with Crippen LogP contribution in [0, 0.1) is 0 Å². The molecule has 0 spiro atoms. The molecule has 138 valence electrons. The molecule has 3 aromatic carbocycles. The van der Waals surface area contributed by atoms with Crippen LogP contribution in [-0.4, -0.2) is 20.4 Å². The monoisotopic (exact) mass is 362 g/mol. The van der Waals surface area contributed by atoms with Crippen molar-refractivity contribution < 1.29 is 14.2 Å². The lowest BCUT2D eigenvalue weighted by Gasteiger charge is -2.12. The lowest BCUT2D eigenvalue weighted by Crippen LogP contribution is -2.00. The molecule has 0 unspecified atom stereocenters. The fourth-order valence-corrected chi connectivity index (χ4v) is 2.54. The lowest BCUT2D eigenvalue weighted by molar-refractivity contribution is 0.294. The number of benzene rings is 3. The Morgan fingerprint density at radius 3 is 2.44 bits per heavy atom. The molecule has 0 aromatic heterocycles. The molecule has 0 aliphatic rings. The standard InChI is InChI=1S/C22H22N2O3/c1-25-20-9-6-10-21(14-20)27-16-18-13-17(11-12-22(18)26-2)15-23-24-19-7-4-3-5-8-19/h3-15,24H,16H2,1-2H3. The van der Waals surface area contributed by atoms with Crippen molar-refractivity contribution in [1.82, 2.24) is 0 Å². The summed E-state index contributed by atoms with van der Waals surface area (Å²) in [7, 11) is 3.28. The average Bonchev–Trinajstić information content (AvgIpc) is 2.73. The highest BCUT2D eigenvalue weighted by molar-refractivity contribution is 5.81. The average molecular weight is 362 g/mol. The third kappa shape index (κ3) is 5.25. The summed E-state index contributed by atoms with van der Waals surface area (Å²) < 4.78 is 16.6. The number of nitrogens with one attached hydrogen (secondary N) is 1. The first-order chi connectivity index (χ1) is 13.3. The Morgan fingerprint density at radius 1 is 0.852 bits per heavy atom. The normalized spacial score (nSPS) is 10.6. The number of nitrogens with zero attached hydrogens (tertiary/aromatic N) is 1. The molecule has 0 fully saturated rings. The van der Waals surface area contributed by atoms with Gasteiger partial charge in [0, 0.05) is 11.6 Å². The van der Waals surface area contributed by atoms with E-state index >= 15 is 0 Å². The van der Waals surface area contributed by atoms with Gasteiger partial charge in [0.25, 0.3) is 0 Å². The summed E-state index contributed by atoms with van der Waals surface area (Å²) in [5, 5.41) is 4.28. The number of rotatable bonds is 8. The van der Waals surface area contributed by atoms with Crippen LogP contribution in [0.15, 0.2) is 77.9 Å². The molecule has 0 saturated carbocycles. The molecule has 0 radical (unpaired) electrons. The highest BCUT2D eigenvalue weighted by atomic mass is 16.5. The molecule has 0 amide bonds. The van der Waals surface area contributed by atoms with Gasteiger partial charge < -0.3 is 14.2 Å². The first-order valence-corrected chi connectivity index (χ1v) is 8.56. The van der Waals surface area contributed by atoms with Gasteiger partial charge in [0.15, 0.2) is 0 Å². The number of hydrogen-bond donors (Lipinski definition) is 1. The van der Waals surface area contributed by atoms with Gasteiger partial charge in [0.1, 0.15) is 23.9 Å². The van der Waals surface area contributed by atoms with E-state index in [0.29, 0.717) is 6.61 Å². The predicted octanol–water partition coefficient (Wildman–Crippen LogP) is 4.73. The molecule has 5 nitrogen and oxygen atoms in total. The number of anilines is 1. The van der Waals surface area contributed by atoms with Crippen LogP contribution in [0.1, 0.15) is 11.1 Å². The van der Waals surface area contributed by atoms with Crippen LogP contribution in [0.25, 0.3) is 0 Å². The van der Waals surface area contributed by atoms with Gasteiger partial charge in [-0.05, 0) is 48.0 Å². The summed E-state index contributed by atoms with van der Waals surface area (Å²) >= 11 is 0. The van der Waals surface area contributed by atoms with Crippen LogP contribution in [0.2, 0.25) is 0 Å². The SMILES string of the molecule is COc1cccc(OCc2cc(C=NNc3ccccc3)ccc2OC)c1. The van der Waals surface area contributed by atoms with Crippen LogP contribution < -0.4 is 19.6 Å². The fraction of sp³-hybridized carbons (Fsp3) is 0.136. The van der Waals surface area contributed by atoms with Crippen molar-refractivity contribution in [3.05, 3.63) is 83.9 Å². The molecule has 0 bridgehead atoms. The Balaban J connectivity index is 1.69. The van der Waals surface area contributed by atoms with E-state index in [1.165, 1.54) is 0 Å². The summed E-state index contributed by atoms with van der Waals surface area (Å²) in [6, 6.07) is 23.2. The summed E-state index contributed by atoms with van der Waals surface area (Å²) in [5.74, 6) is 2.26. The minimum Gasteiger partial charge on any atom is -0.497 e. The van der Waals surface area contributed by atoms with Crippen molar-refractivity contribution in [3.8, 4) is 17.2 Å². The summed E-state index contributed by atoms with van der Waals surface area (Å²) in [6.07, 6.45) is 1.77. The molecule has 0 aliphatic heterocycles. The zero-order chi connectivity index (χ0) is 18.9. The Hall–Kier alpha value is -3.47. The number of para-hydroxylation sites is 1. The van der Waals surface area contributed by atoms with Crippen molar-refractivity contribution in [3.63, 3.8) is 0 Å². The van der Waals surface area contributed by atoms with E-state index in [4.69, 9.17) is 14.2 Å². The van der Waals surface area contributed by atoms with E-state index in [0.717, 1.165) is 34.1 Å². The van der Waals surface area contributed by atoms with Gasteiger partial charge in [0.2, 0.25) is 0 Å². The minimum absolute atomic E-state index is 0.379. The van der Waals surface area contributed by atoms with Crippen molar-refractivity contribution in [2.45, 2.75) is 6.61 Å². The zero-order valence-electron chi connectivity index (χ0n) is 15.4. The summed E-state index contributed by atoms with van der Waals surface area (Å²) in [5.41, 5.74) is 5.82. The largest absolute Gasteiger partial charge is 0.497 e.